The van der Waals surface area contributed by atoms with E-state index in [1.54, 1.807) is 6.20 Å². The molecule has 11 heavy (non-hydrogen) atoms. The minimum atomic E-state index is 0.818. The van der Waals surface area contributed by atoms with Gasteiger partial charge in [-0.05, 0) is 18.9 Å². The number of aromatic nitrogens is 2. The van der Waals surface area contributed by atoms with Gasteiger partial charge in [-0.15, -0.1) is 0 Å². The molecule has 1 aliphatic rings. The van der Waals surface area contributed by atoms with Crippen LogP contribution in [0.25, 0.3) is 0 Å². The second-order valence-electron chi connectivity index (χ2n) is 3.06. The van der Waals surface area contributed by atoms with Crippen LogP contribution in [-0.2, 0) is 6.42 Å². The van der Waals surface area contributed by atoms with Gasteiger partial charge in [0, 0.05) is 30.9 Å². The van der Waals surface area contributed by atoms with Crippen LogP contribution in [0.1, 0.15) is 18.5 Å². The standard InChI is InChI=1S/C8H13N3/c1-2-7(1)9-5-3-8-4-6-10-11-8/h4,6-7,9H,1-3,5H2,(H,10,11). The SMILES string of the molecule is c1cc(CCNC2CC2)[nH]n1. The van der Waals surface area contributed by atoms with E-state index in [0.29, 0.717) is 0 Å². The van der Waals surface area contributed by atoms with Crippen LogP contribution in [0.4, 0.5) is 0 Å². The minimum absolute atomic E-state index is 0.818. The Morgan fingerprint density at radius 3 is 3.18 bits per heavy atom. The Labute approximate surface area is 66.2 Å². The van der Waals surface area contributed by atoms with E-state index in [4.69, 9.17) is 0 Å². The summed E-state index contributed by atoms with van der Waals surface area (Å²) in [6.07, 6.45) is 5.59. The zero-order valence-corrected chi connectivity index (χ0v) is 6.51. The van der Waals surface area contributed by atoms with Crippen LogP contribution in [0.5, 0.6) is 0 Å². The molecule has 1 aliphatic carbocycles. The van der Waals surface area contributed by atoms with Crippen LogP contribution in [0, 0.1) is 0 Å². The van der Waals surface area contributed by atoms with E-state index in [0.717, 1.165) is 19.0 Å². The topological polar surface area (TPSA) is 40.7 Å². The fraction of sp³-hybridized carbons (Fsp3) is 0.625. The molecule has 1 aromatic rings. The summed E-state index contributed by atoms with van der Waals surface area (Å²) < 4.78 is 0. The third-order valence-electron chi connectivity index (χ3n) is 1.96. The predicted octanol–water partition coefficient (Wildman–Crippen LogP) is 0.704. The number of aromatic amines is 1. The average molecular weight is 151 g/mol. The molecule has 3 nitrogen and oxygen atoms in total. The van der Waals surface area contributed by atoms with E-state index >= 15 is 0 Å². The van der Waals surface area contributed by atoms with E-state index in [1.807, 2.05) is 6.07 Å². The molecule has 0 amide bonds. The zero-order chi connectivity index (χ0) is 7.52. The monoisotopic (exact) mass is 151 g/mol. The van der Waals surface area contributed by atoms with Crippen molar-refractivity contribution in [2.75, 3.05) is 6.54 Å². The maximum Gasteiger partial charge on any atom is 0.0490 e. The fourth-order valence-electron chi connectivity index (χ4n) is 1.12. The lowest BCUT2D eigenvalue weighted by molar-refractivity contribution is 0.674. The van der Waals surface area contributed by atoms with Gasteiger partial charge < -0.3 is 5.32 Å². The summed E-state index contributed by atoms with van der Waals surface area (Å²) in [7, 11) is 0. The highest BCUT2D eigenvalue weighted by molar-refractivity contribution is 4.98. The molecule has 1 heterocycles. The number of rotatable bonds is 4. The maximum atomic E-state index is 3.88. The molecule has 0 aromatic carbocycles. The first-order valence-electron chi connectivity index (χ1n) is 4.17. The first kappa shape index (κ1) is 6.85. The van der Waals surface area contributed by atoms with Gasteiger partial charge in [-0.25, -0.2) is 0 Å². The smallest absolute Gasteiger partial charge is 0.0490 e. The molecule has 2 rings (SSSR count). The molecule has 2 N–H and O–H groups in total. The van der Waals surface area contributed by atoms with Crippen LogP contribution in [0.3, 0.4) is 0 Å². The summed E-state index contributed by atoms with van der Waals surface area (Å²) in [4.78, 5) is 0. The molecule has 0 saturated heterocycles. The largest absolute Gasteiger partial charge is 0.314 e. The van der Waals surface area contributed by atoms with Gasteiger partial charge in [-0.1, -0.05) is 0 Å². The van der Waals surface area contributed by atoms with E-state index in [1.165, 1.54) is 18.5 Å². The lowest BCUT2D eigenvalue weighted by Gasteiger charge is -1.98. The molecule has 0 atom stereocenters. The summed E-state index contributed by atoms with van der Waals surface area (Å²) >= 11 is 0. The van der Waals surface area contributed by atoms with Gasteiger partial charge in [0.2, 0.25) is 0 Å². The Bertz CT molecular complexity index is 201. The summed E-state index contributed by atoms with van der Waals surface area (Å²) in [6.45, 7) is 1.08. The molecular weight excluding hydrogens is 138 g/mol. The van der Waals surface area contributed by atoms with Crippen LogP contribution in [-0.4, -0.2) is 22.8 Å². The quantitative estimate of drug-likeness (QED) is 0.665. The van der Waals surface area contributed by atoms with Gasteiger partial charge in [0.15, 0.2) is 0 Å². The molecule has 0 bridgehead atoms. The Balaban J connectivity index is 1.66. The van der Waals surface area contributed by atoms with Crippen LogP contribution >= 0.6 is 0 Å². The maximum absolute atomic E-state index is 3.88. The van der Waals surface area contributed by atoms with Gasteiger partial charge in [0.1, 0.15) is 0 Å². The molecule has 3 heteroatoms. The Hall–Kier alpha value is -0.830. The van der Waals surface area contributed by atoms with Crippen molar-refractivity contribution in [2.24, 2.45) is 0 Å². The van der Waals surface area contributed by atoms with E-state index in [-0.39, 0.29) is 0 Å². The second-order valence-corrected chi connectivity index (χ2v) is 3.06. The number of hydrogen-bond acceptors (Lipinski definition) is 2. The molecule has 1 aromatic heterocycles. The number of nitrogens with zero attached hydrogens (tertiary/aromatic N) is 1. The molecule has 0 radical (unpaired) electrons. The molecule has 60 valence electrons. The van der Waals surface area contributed by atoms with Crippen molar-refractivity contribution in [1.82, 2.24) is 15.5 Å². The average Bonchev–Trinajstić information content (AvgIpc) is 2.66. The summed E-state index contributed by atoms with van der Waals surface area (Å²) in [5, 5.41) is 10.3. The highest BCUT2D eigenvalue weighted by atomic mass is 15.1. The minimum Gasteiger partial charge on any atom is -0.314 e. The third kappa shape index (κ3) is 2.05. The number of hydrogen-bond donors (Lipinski definition) is 2. The van der Waals surface area contributed by atoms with Gasteiger partial charge >= 0.3 is 0 Å². The van der Waals surface area contributed by atoms with Crippen LogP contribution in [0.2, 0.25) is 0 Å². The first-order valence-corrected chi connectivity index (χ1v) is 4.17. The van der Waals surface area contributed by atoms with Gasteiger partial charge in [-0.2, -0.15) is 5.10 Å². The van der Waals surface area contributed by atoms with Crippen molar-refractivity contribution in [3.63, 3.8) is 0 Å². The normalized spacial score (nSPS) is 17.1. The highest BCUT2D eigenvalue weighted by Crippen LogP contribution is 2.18. The molecule has 1 fully saturated rings. The Morgan fingerprint density at radius 1 is 1.64 bits per heavy atom. The van der Waals surface area contributed by atoms with E-state index in [9.17, 15) is 0 Å². The van der Waals surface area contributed by atoms with Crippen LogP contribution < -0.4 is 5.32 Å². The molecule has 0 spiro atoms. The highest BCUT2D eigenvalue weighted by Gasteiger charge is 2.19. The lowest BCUT2D eigenvalue weighted by Crippen LogP contribution is -2.19. The summed E-state index contributed by atoms with van der Waals surface area (Å²) in [6, 6.07) is 2.84. The third-order valence-corrected chi connectivity index (χ3v) is 1.96. The molecular formula is C8H13N3. The van der Waals surface area contributed by atoms with Crippen LogP contribution in [0.15, 0.2) is 12.3 Å². The Kier molecular flexibility index (Phi) is 1.90. The summed E-state index contributed by atoms with van der Waals surface area (Å²) in [5.74, 6) is 0. The number of nitrogens with one attached hydrogen (secondary N) is 2. The first-order chi connectivity index (χ1) is 5.45. The van der Waals surface area contributed by atoms with E-state index in [2.05, 4.69) is 15.5 Å². The van der Waals surface area contributed by atoms with Crippen molar-refractivity contribution in [3.05, 3.63) is 18.0 Å². The summed E-state index contributed by atoms with van der Waals surface area (Å²) in [5.41, 5.74) is 1.22. The van der Waals surface area contributed by atoms with Crippen molar-refractivity contribution >= 4 is 0 Å². The fourth-order valence-corrected chi connectivity index (χ4v) is 1.12. The molecule has 0 unspecified atom stereocenters. The van der Waals surface area contributed by atoms with Crippen molar-refractivity contribution < 1.29 is 0 Å². The molecule has 1 saturated carbocycles. The van der Waals surface area contributed by atoms with Gasteiger partial charge in [0.05, 0.1) is 0 Å². The lowest BCUT2D eigenvalue weighted by atomic mass is 10.3. The van der Waals surface area contributed by atoms with Crippen molar-refractivity contribution in [1.29, 1.82) is 0 Å². The molecule has 0 aliphatic heterocycles. The van der Waals surface area contributed by atoms with Gasteiger partial charge in [0.25, 0.3) is 0 Å². The number of H-pyrrole nitrogens is 1. The van der Waals surface area contributed by atoms with Crippen molar-refractivity contribution in [3.8, 4) is 0 Å². The zero-order valence-electron chi connectivity index (χ0n) is 6.51. The Morgan fingerprint density at radius 2 is 2.55 bits per heavy atom. The van der Waals surface area contributed by atoms with Crippen molar-refractivity contribution in [2.45, 2.75) is 25.3 Å². The predicted molar refractivity (Wildman–Crippen MR) is 43.3 cm³/mol. The van der Waals surface area contributed by atoms with E-state index < -0.39 is 0 Å². The second kappa shape index (κ2) is 3.05. The van der Waals surface area contributed by atoms with Gasteiger partial charge in [-0.3, -0.25) is 5.10 Å².